The Bertz CT molecular complexity index is 808. The number of aryl methyl sites for hydroxylation is 1. The van der Waals surface area contributed by atoms with Crippen LogP contribution in [-0.4, -0.2) is 0 Å². The van der Waals surface area contributed by atoms with E-state index in [1.807, 2.05) is 38.1 Å². The van der Waals surface area contributed by atoms with Gasteiger partial charge in [-0.3, -0.25) is 0 Å². The first-order chi connectivity index (χ1) is 11.0. The third kappa shape index (κ3) is 4.18. The van der Waals surface area contributed by atoms with Gasteiger partial charge in [0.05, 0.1) is 0 Å². The van der Waals surface area contributed by atoms with Crippen LogP contribution in [0.3, 0.4) is 0 Å². The van der Waals surface area contributed by atoms with Gasteiger partial charge < -0.3 is 4.74 Å². The van der Waals surface area contributed by atoms with Crippen LogP contribution < -0.4 is 4.74 Å². The number of rotatable bonds is 4. The molecule has 114 valence electrons. The Morgan fingerprint density at radius 1 is 1.13 bits per heavy atom. The van der Waals surface area contributed by atoms with Crippen molar-refractivity contribution in [2.75, 3.05) is 0 Å². The molecule has 0 saturated heterocycles. The Balaban J connectivity index is 2.28. The van der Waals surface area contributed by atoms with E-state index >= 15 is 0 Å². The number of allylic oxidation sites excluding steroid dienone is 1. The van der Waals surface area contributed by atoms with Gasteiger partial charge in [0.15, 0.2) is 0 Å². The van der Waals surface area contributed by atoms with Gasteiger partial charge in [0.1, 0.15) is 35.9 Å². The molecule has 3 nitrogen and oxygen atoms in total. The molecule has 0 fully saturated rings. The van der Waals surface area contributed by atoms with Crippen molar-refractivity contribution in [3.63, 3.8) is 0 Å². The standard InChI is InChI=1S/C19H15FN2O/c1-13-7-16(9-15(10-21)11-22)14(2)17(8-13)12-23-19-5-3-18(20)4-6-19/h3-9H,12H2,1-2H3. The molecular formula is C19H15FN2O. The minimum Gasteiger partial charge on any atom is -0.489 e. The number of hydrogen-bond donors (Lipinski definition) is 0. The second kappa shape index (κ2) is 7.24. The molecule has 0 unspecified atom stereocenters. The van der Waals surface area contributed by atoms with Crippen LogP contribution in [0.4, 0.5) is 4.39 Å². The van der Waals surface area contributed by atoms with Crippen LogP contribution in [0.5, 0.6) is 5.75 Å². The highest BCUT2D eigenvalue weighted by atomic mass is 19.1. The zero-order valence-corrected chi connectivity index (χ0v) is 12.9. The zero-order valence-electron chi connectivity index (χ0n) is 12.9. The summed E-state index contributed by atoms with van der Waals surface area (Å²) in [6.07, 6.45) is 1.57. The average molecular weight is 306 g/mol. The van der Waals surface area contributed by atoms with Crippen LogP contribution in [0.15, 0.2) is 42.0 Å². The number of ether oxygens (including phenoxy) is 1. The molecule has 0 amide bonds. The summed E-state index contributed by atoms with van der Waals surface area (Å²) in [5.41, 5.74) is 3.79. The summed E-state index contributed by atoms with van der Waals surface area (Å²) >= 11 is 0. The Morgan fingerprint density at radius 3 is 2.39 bits per heavy atom. The number of benzene rings is 2. The van der Waals surface area contributed by atoms with Crippen molar-refractivity contribution in [3.8, 4) is 17.9 Å². The van der Waals surface area contributed by atoms with E-state index in [1.54, 1.807) is 18.2 Å². The molecule has 2 aromatic rings. The van der Waals surface area contributed by atoms with Crippen molar-refractivity contribution in [1.29, 1.82) is 10.5 Å². The molecule has 0 radical (unpaired) electrons. The highest BCUT2D eigenvalue weighted by Gasteiger charge is 2.07. The van der Waals surface area contributed by atoms with Crippen molar-refractivity contribution in [1.82, 2.24) is 0 Å². The van der Waals surface area contributed by atoms with Crippen LogP contribution in [-0.2, 0) is 6.61 Å². The molecule has 23 heavy (non-hydrogen) atoms. The van der Waals surface area contributed by atoms with Gasteiger partial charge in [-0.2, -0.15) is 10.5 Å². The van der Waals surface area contributed by atoms with E-state index in [9.17, 15) is 4.39 Å². The van der Waals surface area contributed by atoms with Gasteiger partial charge >= 0.3 is 0 Å². The van der Waals surface area contributed by atoms with Gasteiger partial charge in [-0.25, -0.2) is 4.39 Å². The molecule has 0 heterocycles. The van der Waals surface area contributed by atoms with Crippen LogP contribution >= 0.6 is 0 Å². The Labute approximate surface area is 134 Å². The predicted molar refractivity (Wildman–Crippen MR) is 85.9 cm³/mol. The maximum absolute atomic E-state index is 12.9. The fraction of sp³-hybridized carbons (Fsp3) is 0.158. The summed E-state index contributed by atoms with van der Waals surface area (Å²) in [7, 11) is 0. The van der Waals surface area contributed by atoms with E-state index in [2.05, 4.69) is 0 Å². The summed E-state index contributed by atoms with van der Waals surface area (Å²) in [6, 6.07) is 13.5. The first-order valence-corrected chi connectivity index (χ1v) is 7.04. The molecule has 4 heteroatoms. The lowest BCUT2D eigenvalue weighted by molar-refractivity contribution is 0.305. The number of nitriles is 2. The van der Waals surface area contributed by atoms with Crippen molar-refractivity contribution in [2.45, 2.75) is 20.5 Å². The van der Waals surface area contributed by atoms with Crippen LogP contribution in [0, 0.1) is 42.3 Å². The van der Waals surface area contributed by atoms with Crippen molar-refractivity contribution in [2.24, 2.45) is 0 Å². The van der Waals surface area contributed by atoms with Crippen molar-refractivity contribution in [3.05, 3.63) is 70.0 Å². The van der Waals surface area contributed by atoms with Crippen molar-refractivity contribution >= 4 is 6.08 Å². The van der Waals surface area contributed by atoms with E-state index in [4.69, 9.17) is 15.3 Å². The maximum Gasteiger partial charge on any atom is 0.130 e. The van der Waals surface area contributed by atoms with Gasteiger partial charge in [0.2, 0.25) is 0 Å². The molecule has 0 N–H and O–H groups in total. The highest BCUT2D eigenvalue weighted by Crippen LogP contribution is 2.21. The van der Waals surface area contributed by atoms with Crippen molar-refractivity contribution < 1.29 is 9.13 Å². The molecule has 2 rings (SSSR count). The summed E-state index contributed by atoms with van der Waals surface area (Å²) in [5, 5.41) is 17.8. The molecule has 0 bridgehead atoms. The van der Waals surface area contributed by atoms with Gasteiger partial charge in [-0.1, -0.05) is 17.7 Å². The van der Waals surface area contributed by atoms with E-state index in [-0.39, 0.29) is 11.4 Å². The fourth-order valence-corrected chi connectivity index (χ4v) is 2.20. The molecule has 2 aromatic carbocycles. The van der Waals surface area contributed by atoms with E-state index in [0.29, 0.717) is 12.4 Å². The predicted octanol–water partition coefficient (Wildman–Crippen LogP) is 4.45. The minimum atomic E-state index is -0.308. The molecule has 0 spiro atoms. The van der Waals surface area contributed by atoms with Crippen LogP contribution in [0.2, 0.25) is 0 Å². The first-order valence-electron chi connectivity index (χ1n) is 7.04. The third-order valence-electron chi connectivity index (χ3n) is 3.45. The van der Waals surface area contributed by atoms with Crippen LogP contribution in [0.25, 0.3) is 6.08 Å². The first kappa shape index (κ1) is 16.3. The summed E-state index contributed by atoms with van der Waals surface area (Å²) in [6.45, 7) is 4.19. The molecule has 0 aliphatic carbocycles. The normalized spacial score (nSPS) is 9.61. The molecule has 0 aliphatic heterocycles. The smallest absolute Gasteiger partial charge is 0.130 e. The maximum atomic E-state index is 12.9. The summed E-state index contributed by atoms with van der Waals surface area (Å²) < 4.78 is 18.6. The Kier molecular flexibility index (Phi) is 5.12. The van der Waals surface area contributed by atoms with E-state index < -0.39 is 0 Å². The van der Waals surface area contributed by atoms with Gasteiger partial charge in [0, 0.05) is 0 Å². The lowest BCUT2D eigenvalue weighted by Crippen LogP contribution is -2.00. The van der Waals surface area contributed by atoms with Gasteiger partial charge in [0.25, 0.3) is 0 Å². The quantitative estimate of drug-likeness (QED) is 0.784. The monoisotopic (exact) mass is 306 g/mol. The van der Waals surface area contributed by atoms with E-state index in [1.165, 1.54) is 12.1 Å². The summed E-state index contributed by atoms with van der Waals surface area (Å²) in [5.74, 6) is 0.274. The van der Waals surface area contributed by atoms with E-state index in [0.717, 1.165) is 22.3 Å². The Morgan fingerprint density at radius 2 is 1.78 bits per heavy atom. The molecule has 0 saturated carbocycles. The van der Waals surface area contributed by atoms with Gasteiger partial charge in [-0.15, -0.1) is 0 Å². The lowest BCUT2D eigenvalue weighted by atomic mass is 9.98. The molecular weight excluding hydrogens is 291 g/mol. The highest BCUT2D eigenvalue weighted by molar-refractivity contribution is 5.65. The van der Waals surface area contributed by atoms with Crippen LogP contribution in [0.1, 0.15) is 22.3 Å². The fourth-order valence-electron chi connectivity index (χ4n) is 2.20. The molecule has 0 aromatic heterocycles. The average Bonchev–Trinajstić information content (AvgIpc) is 2.55. The largest absolute Gasteiger partial charge is 0.489 e. The van der Waals surface area contributed by atoms with Gasteiger partial charge in [-0.05, 0) is 60.9 Å². The topological polar surface area (TPSA) is 56.8 Å². The summed E-state index contributed by atoms with van der Waals surface area (Å²) in [4.78, 5) is 0. The third-order valence-corrected chi connectivity index (χ3v) is 3.45. The minimum absolute atomic E-state index is 0.0594. The SMILES string of the molecule is Cc1cc(C=C(C#N)C#N)c(C)c(COc2ccc(F)cc2)c1. The zero-order chi connectivity index (χ0) is 16.8. The number of halogens is 1. The second-order valence-corrected chi connectivity index (χ2v) is 5.16. The Hall–Kier alpha value is -3.11. The number of hydrogen-bond acceptors (Lipinski definition) is 3. The second-order valence-electron chi connectivity index (χ2n) is 5.16. The number of nitrogens with zero attached hydrogens (tertiary/aromatic N) is 2. The lowest BCUT2D eigenvalue weighted by Gasteiger charge is -2.12. The molecule has 0 aliphatic rings. The molecule has 0 atom stereocenters.